The second-order valence-corrected chi connectivity index (χ2v) is 9.00. The Balaban J connectivity index is 1.26. The number of carbonyl (C=O) groups excluding carboxylic acids is 2. The van der Waals surface area contributed by atoms with Gasteiger partial charge in [0.05, 0.1) is 11.7 Å². The van der Waals surface area contributed by atoms with E-state index in [1.807, 2.05) is 19.1 Å². The quantitative estimate of drug-likeness (QED) is 0.566. The van der Waals surface area contributed by atoms with Gasteiger partial charge in [-0.25, -0.2) is 0 Å². The molecule has 2 N–H and O–H groups in total. The fourth-order valence-electron chi connectivity index (χ4n) is 3.81. The maximum Gasteiger partial charge on any atom is 0.234 e. The number of benzene rings is 1. The van der Waals surface area contributed by atoms with Crippen LogP contribution in [-0.2, 0) is 9.59 Å². The van der Waals surface area contributed by atoms with Crippen molar-refractivity contribution in [3.8, 4) is 11.5 Å². The summed E-state index contributed by atoms with van der Waals surface area (Å²) < 4.78 is 11.0. The highest BCUT2D eigenvalue weighted by Crippen LogP contribution is 2.32. The van der Waals surface area contributed by atoms with Crippen molar-refractivity contribution in [3.05, 3.63) is 30.3 Å². The molecule has 3 heterocycles. The Kier molecular flexibility index (Phi) is 7.87. The molecule has 0 saturated carbocycles. The number of hydrogen-bond donors (Lipinski definition) is 2. The number of carbonyl (C=O) groups is 2. The van der Waals surface area contributed by atoms with E-state index < -0.39 is 0 Å². The molecule has 1 aromatic carbocycles. The van der Waals surface area contributed by atoms with E-state index >= 15 is 0 Å². The van der Waals surface area contributed by atoms with Crippen LogP contribution in [0, 0.1) is 5.92 Å². The number of thioether (sulfide) groups is 1. The summed E-state index contributed by atoms with van der Waals surface area (Å²) in [6.07, 6.45) is 2.77. The second-order valence-electron chi connectivity index (χ2n) is 8.00. The highest BCUT2D eigenvalue weighted by Gasteiger charge is 2.26. The van der Waals surface area contributed by atoms with Crippen molar-refractivity contribution in [3.63, 3.8) is 0 Å². The minimum Gasteiger partial charge on any atom is -0.486 e. The number of nitrogens with one attached hydrogen (secondary N) is 2. The van der Waals surface area contributed by atoms with Gasteiger partial charge in [-0.3, -0.25) is 9.59 Å². The summed E-state index contributed by atoms with van der Waals surface area (Å²) in [5.41, 5.74) is 0.661. The Morgan fingerprint density at radius 3 is 2.79 bits per heavy atom. The van der Waals surface area contributed by atoms with E-state index in [4.69, 9.17) is 9.47 Å². The minimum atomic E-state index is -0.139. The standard InChI is InChI=1S/C23H29N5O4S/c1-2-9-24-23(30)16-4-3-10-28(14-16)20-7-8-22(27-26-20)33-15-21(29)25-17-5-6-18-19(13-17)32-12-11-31-18/h5-8,13,16H,2-4,9-12,14-15H2,1H3,(H,24,30)(H,25,29)/t16-/m0/s1. The maximum atomic E-state index is 12.3. The molecule has 0 aliphatic carbocycles. The molecule has 33 heavy (non-hydrogen) atoms. The number of hydrogen-bond acceptors (Lipinski definition) is 8. The molecular formula is C23H29N5O4S. The molecule has 1 saturated heterocycles. The average molecular weight is 472 g/mol. The summed E-state index contributed by atoms with van der Waals surface area (Å²) >= 11 is 1.32. The summed E-state index contributed by atoms with van der Waals surface area (Å²) in [6.45, 7) is 5.29. The fourth-order valence-corrected chi connectivity index (χ4v) is 4.42. The molecule has 0 bridgehead atoms. The molecule has 10 heteroatoms. The SMILES string of the molecule is CCCNC(=O)[C@H]1CCCN(c2ccc(SCC(=O)Nc3ccc4c(c3)OCCO4)nn2)C1. The van der Waals surface area contributed by atoms with E-state index in [9.17, 15) is 9.59 Å². The molecule has 2 amide bonds. The zero-order valence-electron chi connectivity index (χ0n) is 18.7. The number of nitrogens with zero attached hydrogens (tertiary/aromatic N) is 3. The van der Waals surface area contributed by atoms with Crippen molar-refractivity contribution in [2.75, 3.05) is 48.8 Å². The van der Waals surface area contributed by atoms with Gasteiger partial charge in [0.25, 0.3) is 0 Å². The number of amides is 2. The van der Waals surface area contributed by atoms with E-state index in [0.29, 0.717) is 48.5 Å². The van der Waals surface area contributed by atoms with E-state index in [1.54, 1.807) is 18.2 Å². The molecule has 0 spiro atoms. The number of anilines is 2. The molecular weight excluding hydrogens is 442 g/mol. The highest BCUT2D eigenvalue weighted by atomic mass is 32.2. The van der Waals surface area contributed by atoms with Crippen LogP contribution in [0.5, 0.6) is 11.5 Å². The largest absolute Gasteiger partial charge is 0.486 e. The lowest BCUT2D eigenvalue weighted by Gasteiger charge is -2.32. The number of ether oxygens (including phenoxy) is 2. The fraction of sp³-hybridized carbons (Fsp3) is 0.478. The molecule has 2 aromatic rings. The lowest BCUT2D eigenvalue weighted by Crippen LogP contribution is -2.43. The topological polar surface area (TPSA) is 106 Å². The first-order chi connectivity index (χ1) is 16.1. The van der Waals surface area contributed by atoms with Crippen molar-refractivity contribution >= 4 is 35.1 Å². The third kappa shape index (κ3) is 6.28. The minimum absolute atomic E-state index is 0.0228. The van der Waals surface area contributed by atoms with E-state index in [2.05, 4.69) is 25.7 Å². The van der Waals surface area contributed by atoms with Crippen molar-refractivity contribution in [1.29, 1.82) is 0 Å². The average Bonchev–Trinajstić information content (AvgIpc) is 2.86. The monoisotopic (exact) mass is 471 g/mol. The summed E-state index contributed by atoms with van der Waals surface area (Å²) in [5.74, 6) is 2.25. The van der Waals surface area contributed by atoms with Crippen LogP contribution >= 0.6 is 11.8 Å². The van der Waals surface area contributed by atoms with Gasteiger partial charge in [0.1, 0.15) is 18.2 Å². The summed E-state index contributed by atoms with van der Waals surface area (Å²) in [7, 11) is 0. The first-order valence-corrected chi connectivity index (χ1v) is 12.3. The number of rotatable bonds is 8. The molecule has 1 atom stereocenters. The third-order valence-corrected chi connectivity index (χ3v) is 6.39. The highest BCUT2D eigenvalue weighted by molar-refractivity contribution is 7.99. The number of aromatic nitrogens is 2. The molecule has 2 aliphatic heterocycles. The van der Waals surface area contributed by atoms with Crippen LogP contribution in [0.15, 0.2) is 35.4 Å². The van der Waals surface area contributed by atoms with Crippen LogP contribution in [0.2, 0.25) is 0 Å². The van der Waals surface area contributed by atoms with Gasteiger partial charge < -0.3 is 25.0 Å². The smallest absolute Gasteiger partial charge is 0.234 e. The Hall–Kier alpha value is -3.01. The number of fused-ring (bicyclic) bond motifs is 1. The van der Waals surface area contributed by atoms with Crippen LogP contribution in [0.25, 0.3) is 0 Å². The van der Waals surface area contributed by atoms with Crippen molar-refractivity contribution < 1.29 is 19.1 Å². The molecule has 1 aromatic heterocycles. The molecule has 0 unspecified atom stereocenters. The Morgan fingerprint density at radius 2 is 2.00 bits per heavy atom. The lowest BCUT2D eigenvalue weighted by atomic mass is 9.97. The van der Waals surface area contributed by atoms with Gasteiger partial charge in [0.2, 0.25) is 11.8 Å². The van der Waals surface area contributed by atoms with Crippen LogP contribution in [-0.4, -0.2) is 60.6 Å². The van der Waals surface area contributed by atoms with Gasteiger partial charge in [-0.15, -0.1) is 10.2 Å². The zero-order valence-corrected chi connectivity index (χ0v) is 19.5. The summed E-state index contributed by atoms with van der Waals surface area (Å²) in [5, 5.41) is 15.1. The van der Waals surface area contributed by atoms with Crippen molar-refractivity contribution in [1.82, 2.24) is 15.5 Å². The van der Waals surface area contributed by atoms with Crippen LogP contribution in [0.1, 0.15) is 26.2 Å². The maximum absolute atomic E-state index is 12.3. The van der Waals surface area contributed by atoms with Gasteiger partial charge in [-0.1, -0.05) is 18.7 Å². The van der Waals surface area contributed by atoms with Crippen LogP contribution in [0.3, 0.4) is 0 Å². The third-order valence-electron chi connectivity index (χ3n) is 5.47. The van der Waals surface area contributed by atoms with E-state index in [-0.39, 0.29) is 23.5 Å². The molecule has 9 nitrogen and oxygen atoms in total. The van der Waals surface area contributed by atoms with Crippen LogP contribution < -0.4 is 25.0 Å². The molecule has 2 aliphatic rings. The van der Waals surface area contributed by atoms with Gasteiger partial charge in [-0.2, -0.15) is 0 Å². The van der Waals surface area contributed by atoms with Gasteiger partial charge in [0, 0.05) is 31.4 Å². The lowest BCUT2D eigenvalue weighted by molar-refractivity contribution is -0.125. The molecule has 1 fully saturated rings. The summed E-state index contributed by atoms with van der Waals surface area (Å²) in [6, 6.07) is 9.12. The van der Waals surface area contributed by atoms with Crippen LogP contribution in [0.4, 0.5) is 11.5 Å². The molecule has 0 radical (unpaired) electrons. The molecule has 176 valence electrons. The Bertz CT molecular complexity index is 972. The van der Waals surface area contributed by atoms with Gasteiger partial charge in [0.15, 0.2) is 17.3 Å². The van der Waals surface area contributed by atoms with E-state index in [0.717, 1.165) is 31.6 Å². The first-order valence-electron chi connectivity index (χ1n) is 11.3. The van der Waals surface area contributed by atoms with Gasteiger partial charge >= 0.3 is 0 Å². The predicted octanol–water partition coefficient (Wildman–Crippen LogP) is 2.72. The molecule has 4 rings (SSSR count). The van der Waals surface area contributed by atoms with E-state index in [1.165, 1.54) is 11.8 Å². The number of piperidine rings is 1. The van der Waals surface area contributed by atoms with Crippen molar-refractivity contribution in [2.24, 2.45) is 5.92 Å². The summed E-state index contributed by atoms with van der Waals surface area (Å²) in [4.78, 5) is 26.8. The Morgan fingerprint density at radius 1 is 1.15 bits per heavy atom. The normalized spacial score (nSPS) is 17.4. The van der Waals surface area contributed by atoms with Gasteiger partial charge in [-0.05, 0) is 43.5 Å². The first kappa shape index (κ1) is 23.2. The van der Waals surface area contributed by atoms with Crippen molar-refractivity contribution in [2.45, 2.75) is 31.2 Å². The zero-order chi connectivity index (χ0) is 23.0. The Labute approximate surface area is 197 Å². The predicted molar refractivity (Wildman–Crippen MR) is 127 cm³/mol. The second kappa shape index (κ2) is 11.2.